The Morgan fingerprint density at radius 3 is 1.33 bits per heavy atom. The minimum Gasteiger partial charge on any atom is -0.0619 e. The van der Waals surface area contributed by atoms with E-state index in [2.05, 4.69) is 94.2 Å². The standard InChI is InChI=1S/C16H16Br2/c1-11(13-7-3-5-9-15(13)17)12(2)14-8-4-6-10-16(14)18/h3-12H,1-2H3. The lowest BCUT2D eigenvalue weighted by atomic mass is 9.84. The maximum Gasteiger partial charge on any atom is 0.0210 e. The third-order valence-electron chi connectivity index (χ3n) is 3.54. The second kappa shape index (κ2) is 6.03. The van der Waals surface area contributed by atoms with Crippen molar-refractivity contribution in [2.75, 3.05) is 0 Å². The fourth-order valence-corrected chi connectivity index (χ4v) is 3.52. The van der Waals surface area contributed by atoms with Gasteiger partial charge in [0.15, 0.2) is 0 Å². The van der Waals surface area contributed by atoms with Crippen LogP contribution in [0.3, 0.4) is 0 Å². The molecule has 0 saturated heterocycles. The van der Waals surface area contributed by atoms with Gasteiger partial charge in [-0.05, 0) is 35.1 Å². The van der Waals surface area contributed by atoms with Gasteiger partial charge in [0, 0.05) is 8.95 Å². The molecule has 0 fully saturated rings. The van der Waals surface area contributed by atoms with E-state index in [0.717, 1.165) is 0 Å². The Morgan fingerprint density at radius 1 is 0.667 bits per heavy atom. The molecule has 0 amide bonds. The van der Waals surface area contributed by atoms with E-state index in [4.69, 9.17) is 0 Å². The molecule has 0 aliphatic carbocycles. The zero-order valence-electron chi connectivity index (χ0n) is 10.5. The van der Waals surface area contributed by atoms with Gasteiger partial charge in [-0.2, -0.15) is 0 Å². The van der Waals surface area contributed by atoms with Gasteiger partial charge in [0.2, 0.25) is 0 Å². The lowest BCUT2D eigenvalue weighted by molar-refractivity contribution is 0.619. The van der Waals surface area contributed by atoms with Crippen LogP contribution < -0.4 is 0 Å². The summed E-state index contributed by atoms with van der Waals surface area (Å²) in [5.41, 5.74) is 2.72. The van der Waals surface area contributed by atoms with E-state index in [1.165, 1.54) is 20.1 Å². The van der Waals surface area contributed by atoms with Crippen molar-refractivity contribution < 1.29 is 0 Å². The number of benzene rings is 2. The van der Waals surface area contributed by atoms with Gasteiger partial charge in [-0.25, -0.2) is 0 Å². The van der Waals surface area contributed by atoms with Crippen molar-refractivity contribution in [1.29, 1.82) is 0 Å². The molecule has 2 aromatic carbocycles. The Kier molecular flexibility index (Phi) is 4.63. The summed E-state index contributed by atoms with van der Waals surface area (Å²) in [6.07, 6.45) is 0. The van der Waals surface area contributed by atoms with Crippen LogP contribution in [0.4, 0.5) is 0 Å². The minimum atomic E-state index is 0.472. The first-order valence-corrected chi connectivity index (χ1v) is 7.68. The largest absolute Gasteiger partial charge is 0.0619 e. The molecule has 94 valence electrons. The molecule has 0 heterocycles. The summed E-state index contributed by atoms with van der Waals surface area (Å²) < 4.78 is 2.38. The highest BCUT2D eigenvalue weighted by Crippen LogP contribution is 2.38. The van der Waals surface area contributed by atoms with Crippen LogP contribution in [0.15, 0.2) is 57.5 Å². The fourth-order valence-electron chi connectivity index (χ4n) is 2.23. The number of halogens is 2. The number of hydrogen-bond donors (Lipinski definition) is 0. The van der Waals surface area contributed by atoms with Crippen LogP contribution in [0.25, 0.3) is 0 Å². The molecule has 2 rings (SSSR count). The molecule has 0 radical (unpaired) electrons. The molecule has 0 aliphatic heterocycles. The summed E-state index contributed by atoms with van der Waals surface area (Å²) in [7, 11) is 0. The minimum absolute atomic E-state index is 0.472. The highest BCUT2D eigenvalue weighted by Gasteiger charge is 2.19. The number of hydrogen-bond acceptors (Lipinski definition) is 0. The summed E-state index contributed by atoms with van der Waals surface area (Å²) in [5.74, 6) is 0.943. The van der Waals surface area contributed by atoms with Crippen molar-refractivity contribution in [3.8, 4) is 0 Å². The van der Waals surface area contributed by atoms with Crippen LogP contribution >= 0.6 is 31.9 Å². The van der Waals surface area contributed by atoms with E-state index >= 15 is 0 Å². The molecule has 2 aromatic rings. The van der Waals surface area contributed by atoms with E-state index in [0.29, 0.717) is 11.8 Å². The molecule has 2 atom stereocenters. The van der Waals surface area contributed by atoms with Crippen LogP contribution in [-0.2, 0) is 0 Å². The molecule has 0 bridgehead atoms. The molecular formula is C16H16Br2. The fraction of sp³-hybridized carbons (Fsp3) is 0.250. The van der Waals surface area contributed by atoms with Crippen molar-refractivity contribution >= 4 is 31.9 Å². The first kappa shape index (κ1) is 13.8. The molecule has 0 spiro atoms. The van der Waals surface area contributed by atoms with Gasteiger partial charge in [0.1, 0.15) is 0 Å². The van der Waals surface area contributed by atoms with E-state index < -0.39 is 0 Å². The monoisotopic (exact) mass is 366 g/mol. The molecule has 18 heavy (non-hydrogen) atoms. The van der Waals surface area contributed by atoms with Gasteiger partial charge in [-0.3, -0.25) is 0 Å². The predicted octanol–water partition coefficient (Wildman–Crippen LogP) is 6.12. The Labute approximate surface area is 126 Å². The third-order valence-corrected chi connectivity index (χ3v) is 4.99. The summed E-state index contributed by atoms with van der Waals surface area (Å²) in [4.78, 5) is 0. The highest BCUT2D eigenvalue weighted by atomic mass is 79.9. The molecule has 2 heteroatoms. The smallest absolute Gasteiger partial charge is 0.0210 e. The van der Waals surface area contributed by atoms with Crippen molar-refractivity contribution in [1.82, 2.24) is 0 Å². The van der Waals surface area contributed by atoms with Crippen molar-refractivity contribution in [2.24, 2.45) is 0 Å². The van der Waals surface area contributed by atoms with E-state index in [1.54, 1.807) is 0 Å². The van der Waals surface area contributed by atoms with Crippen LogP contribution in [-0.4, -0.2) is 0 Å². The van der Waals surface area contributed by atoms with Gasteiger partial charge in [-0.15, -0.1) is 0 Å². The summed E-state index contributed by atoms with van der Waals surface area (Å²) in [6.45, 7) is 4.56. The molecule has 0 aromatic heterocycles. The van der Waals surface area contributed by atoms with Crippen molar-refractivity contribution in [2.45, 2.75) is 25.7 Å². The van der Waals surface area contributed by atoms with E-state index in [1.807, 2.05) is 0 Å². The summed E-state index contributed by atoms with van der Waals surface area (Å²) in [5, 5.41) is 0. The normalized spacial score (nSPS) is 14.2. The van der Waals surface area contributed by atoms with Gasteiger partial charge in [-0.1, -0.05) is 82.1 Å². The lowest BCUT2D eigenvalue weighted by Crippen LogP contribution is -2.06. The lowest BCUT2D eigenvalue weighted by Gasteiger charge is -2.23. The van der Waals surface area contributed by atoms with Crippen LogP contribution in [0.1, 0.15) is 36.8 Å². The predicted molar refractivity (Wildman–Crippen MR) is 85.1 cm³/mol. The van der Waals surface area contributed by atoms with E-state index in [-0.39, 0.29) is 0 Å². The Morgan fingerprint density at radius 2 is 1.00 bits per heavy atom. The third kappa shape index (κ3) is 2.86. The zero-order valence-corrected chi connectivity index (χ0v) is 13.7. The first-order valence-electron chi connectivity index (χ1n) is 6.10. The van der Waals surface area contributed by atoms with Crippen LogP contribution in [0.5, 0.6) is 0 Å². The Hall–Kier alpha value is -0.600. The van der Waals surface area contributed by atoms with Gasteiger partial charge in [0.05, 0.1) is 0 Å². The van der Waals surface area contributed by atoms with Crippen LogP contribution in [0.2, 0.25) is 0 Å². The molecule has 0 aliphatic rings. The summed E-state index contributed by atoms with van der Waals surface area (Å²) in [6, 6.07) is 16.9. The molecule has 2 unspecified atom stereocenters. The zero-order chi connectivity index (χ0) is 13.1. The van der Waals surface area contributed by atoms with Crippen molar-refractivity contribution in [3.63, 3.8) is 0 Å². The van der Waals surface area contributed by atoms with Crippen LogP contribution in [0, 0.1) is 0 Å². The van der Waals surface area contributed by atoms with Crippen molar-refractivity contribution in [3.05, 3.63) is 68.6 Å². The Balaban J connectivity index is 2.33. The van der Waals surface area contributed by atoms with Gasteiger partial charge >= 0.3 is 0 Å². The molecular weight excluding hydrogens is 352 g/mol. The molecule has 0 saturated carbocycles. The number of rotatable bonds is 3. The maximum absolute atomic E-state index is 3.64. The average Bonchev–Trinajstić information content (AvgIpc) is 2.38. The first-order chi connectivity index (χ1) is 8.61. The van der Waals surface area contributed by atoms with Gasteiger partial charge < -0.3 is 0 Å². The maximum atomic E-state index is 3.64. The summed E-state index contributed by atoms with van der Waals surface area (Å²) >= 11 is 7.29. The quantitative estimate of drug-likeness (QED) is 0.613. The SMILES string of the molecule is CC(c1ccccc1Br)C(C)c1ccccc1Br. The highest BCUT2D eigenvalue weighted by molar-refractivity contribution is 9.10. The Bertz CT molecular complexity index is 485. The van der Waals surface area contributed by atoms with Gasteiger partial charge in [0.25, 0.3) is 0 Å². The second-order valence-corrected chi connectivity index (χ2v) is 6.33. The molecule has 0 nitrogen and oxygen atoms in total. The topological polar surface area (TPSA) is 0 Å². The second-order valence-electron chi connectivity index (χ2n) is 4.62. The average molecular weight is 368 g/mol. The van der Waals surface area contributed by atoms with E-state index in [9.17, 15) is 0 Å². The molecule has 0 N–H and O–H groups in total.